The lowest BCUT2D eigenvalue weighted by atomic mass is 9.82. The summed E-state index contributed by atoms with van der Waals surface area (Å²) in [6.07, 6.45) is 9.17. The van der Waals surface area contributed by atoms with Gasteiger partial charge in [0.25, 0.3) is 0 Å². The molecule has 2 aliphatic rings. The number of esters is 1. The van der Waals surface area contributed by atoms with Gasteiger partial charge in [-0.3, -0.25) is 9.69 Å². The van der Waals surface area contributed by atoms with Gasteiger partial charge in [0.1, 0.15) is 11.9 Å². The Hall–Kier alpha value is -3.08. The lowest BCUT2D eigenvalue weighted by Gasteiger charge is -2.36. The van der Waals surface area contributed by atoms with Crippen molar-refractivity contribution in [2.45, 2.75) is 50.8 Å². The van der Waals surface area contributed by atoms with Crippen LogP contribution in [0.25, 0.3) is 0 Å². The fraction of sp³-hybridized carbons (Fsp3) is 0.500. The number of amides is 2. The molecule has 1 N–H and O–H groups in total. The lowest BCUT2D eigenvalue weighted by molar-refractivity contribution is -0.114. The van der Waals surface area contributed by atoms with Crippen molar-refractivity contribution < 1.29 is 23.9 Å². The van der Waals surface area contributed by atoms with E-state index in [-0.39, 0.29) is 35.8 Å². The van der Waals surface area contributed by atoms with E-state index in [0.717, 1.165) is 12.8 Å². The van der Waals surface area contributed by atoms with Gasteiger partial charge in [-0.05, 0) is 37.8 Å². The number of hydrogen-bond donors (Lipinski definition) is 1. The van der Waals surface area contributed by atoms with E-state index in [0.29, 0.717) is 18.4 Å². The van der Waals surface area contributed by atoms with Crippen LogP contribution < -0.4 is 5.32 Å². The number of rotatable bonds is 3. The van der Waals surface area contributed by atoms with Crippen LogP contribution in [0.3, 0.4) is 0 Å². The molecule has 0 bridgehead atoms. The molecule has 1 saturated heterocycles. The minimum atomic E-state index is -0.492. The van der Waals surface area contributed by atoms with Crippen LogP contribution in [-0.4, -0.2) is 53.2 Å². The number of ether oxygens (including phenoxy) is 2. The topological polar surface area (TPSA) is 97.8 Å². The first-order valence-corrected chi connectivity index (χ1v) is 9.21. The standard InChI is InChI=1S/C20H23N3O5/c1-4-14-11-15-16(23(14)20(26)27-3)6-5-7-17(15)28-19(25)13-8-9-21-18(10-13)22-12(2)24/h1,8-10,14-17H,5-7,11H2,2-3H3,(H,21,22,24)/t14?,15-,16-,17+/m1/s1. The third kappa shape index (κ3) is 3.93. The number of hydrogen-bond acceptors (Lipinski definition) is 6. The minimum Gasteiger partial charge on any atom is -0.458 e. The first kappa shape index (κ1) is 19.7. The minimum absolute atomic E-state index is 0.0329. The first-order chi connectivity index (χ1) is 13.4. The zero-order valence-corrected chi connectivity index (χ0v) is 15.9. The lowest BCUT2D eigenvalue weighted by Crippen LogP contribution is -2.46. The summed E-state index contributed by atoms with van der Waals surface area (Å²) in [5.74, 6) is 2.14. The Bertz CT molecular complexity index is 818. The molecule has 2 amide bonds. The highest BCUT2D eigenvalue weighted by atomic mass is 16.5. The molecule has 0 aromatic carbocycles. The van der Waals surface area contributed by atoms with Gasteiger partial charge >= 0.3 is 12.1 Å². The van der Waals surface area contributed by atoms with Crippen molar-refractivity contribution in [1.82, 2.24) is 9.88 Å². The number of carbonyl (C=O) groups is 3. The Kier molecular flexibility index (Phi) is 5.83. The second-order valence-corrected chi connectivity index (χ2v) is 7.01. The fourth-order valence-electron chi connectivity index (χ4n) is 4.14. The smallest absolute Gasteiger partial charge is 0.410 e. The quantitative estimate of drug-likeness (QED) is 0.633. The SMILES string of the molecule is C#CC1C[C@H]2[C@@H](OC(=O)c3ccnc(NC(C)=O)c3)CCC[C@H]2N1C(=O)OC. The predicted molar refractivity (Wildman–Crippen MR) is 100 cm³/mol. The molecule has 8 heteroatoms. The Labute approximate surface area is 163 Å². The van der Waals surface area contributed by atoms with Crippen LogP contribution in [0.1, 0.15) is 43.0 Å². The zero-order valence-electron chi connectivity index (χ0n) is 15.9. The zero-order chi connectivity index (χ0) is 20.3. The summed E-state index contributed by atoms with van der Waals surface area (Å²) in [6, 6.07) is 2.54. The molecular formula is C20H23N3O5. The summed E-state index contributed by atoms with van der Waals surface area (Å²) >= 11 is 0. The Morgan fingerprint density at radius 1 is 1.36 bits per heavy atom. The number of nitrogens with zero attached hydrogens (tertiary/aromatic N) is 2. The summed E-state index contributed by atoms with van der Waals surface area (Å²) in [7, 11) is 1.33. The molecule has 148 valence electrons. The molecule has 1 aromatic rings. The maximum atomic E-state index is 12.7. The maximum absolute atomic E-state index is 12.7. The van der Waals surface area contributed by atoms with Gasteiger partial charge in [-0.1, -0.05) is 5.92 Å². The molecule has 8 nitrogen and oxygen atoms in total. The summed E-state index contributed by atoms with van der Waals surface area (Å²) in [6.45, 7) is 1.36. The molecule has 2 heterocycles. The monoisotopic (exact) mass is 385 g/mol. The van der Waals surface area contributed by atoms with Gasteiger partial charge < -0.3 is 14.8 Å². The number of terminal acetylenes is 1. The van der Waals surface area contributed by atoms with Crippen molar-refractivity contribution in [2.75, 3.05) is 12.4 Å². The molecule has 28 heavy (non-hydrogen) atoms. The average molecular weight is 385 g/mol. The normalized spacial score (nSPS) is 26.0. The molecule has 1 aliphatic carbocycles. The van der Waals surface area contributed by atoms with Crippen molar-refractivity contribution in [3.63, 3.8) is 0 Å². The average Bonchev–Trinajstić information content (AvgIpc) is 3.06. The van der Waals surface area contributed by atoms with Crippen LogP contribution in [0.4, 0.5) is 10.6 Å². The van der Waals surface area contributed by atoms with Gasteiger partial charge in [0.2, 0.25) is 5.91 Å². The number of pyridine rings is 1. The summed E-state index contributed by atoms with van der Waals surface area (Å²) < 4.78 is 10.7. The van der Waals surface area contributed by atoms with Crippen molar-refractivity contribution in [1.29, 1.82) is 0 Å². The summed E-state index contributed by atoms with van der Waals surface area (Å²) in [5, 5.41) is 2.54. The van der Waals surface area contributed by atoms with Crippen LogP contribution in [-0.2, 0) is 14.3 Å². The highest BCUT2D eigenvalue weighted by Crippen LogP contribution is 2.41. The second kappa shape index (κ2) is 8.30. The molecular weight excluding hydrogens is 362 g/mol. The fourth-order valence-corrected chi connectivity index (χ4v) is 4.14. The van der Waals surface area contributed by atoms with Gasteiger partial charge in [-0.15, -0.1) is 6.42 Å². The highest BCUT2D eigenvalue weighted by molar-refractivity contribution is 5.92. The van der Waals surface area contributed by atoms with Gasteiger partial charge in [0.15, 0.2) is 0 Å². The number of aromatic nitrogens is 1. The van der Waals surface area contributed by atoms with Crippen LogP contribution in [0.15, 0.2) is 18.3 Å². The van der Waals surface area contributed by atoms with Crippen LogP contribution in [0.5, 0.6) is 0 Å². The van der Waals surface area contributed by atoms with Crippen LogP contribution in [0.2, 0.25) is 0 Å². The highest BCUT2D eigenvalue weighted by Gasteiger charge is 2.49. The number of nitrogens with one attached hydrogen (secondary N) is 1. The molecule has 1 aromatic heterocycles. The molecule has 1 aliphatic heterocycles. The number of carbonyl (C=O) groups excluding carboxylic acids is 3. The Morgan fingerprint density at radius 3 is 2.82 bits per heavy atom. The maximum Gasteiger partial charge on any atom is 0.410 e. The third-order valence-corrected chi connectivity index (χ3v) is 5.28. The number of anilines is 1. The van der Waals surface area contributed by atoms with E-state index in [9.17, 15) is 14.4 Å². The van der Waals surface area contributed by atoms with E-state index in [2.05, 4.69) is 16.2 Å². The Morgan fingerprint density at radius 2 is 2.14 bits per heavy atom. The second-order valence-electron chi connectivity index (χ2n) is 7.01. The molecule has 0 spiro atoms. The third-order valence-electron chi connectivity index (χ3n) is 5.28. The van der Waals surface area contributed by atoms with E-state index in [1.165, 1.54) is 32.4 Å². The Balaban J connectivity index is 1.74. The van der Waals surface area contributed by atoms with Crippen molar-refractivity contribution in [3.8, 4) is 12.3 Å². The van der Waals surface area contributed by atoms with E-state index < -0.39 is 12.1 Å². The van der Waals surface area contributed by atoms with Gasteiger partial charge in [0, 0.05) is 25.1 Å². The number of fused-ring (bicyclic) bond motifs is 1. The molecule has 1 unspecified atom stereocenters. The van der Waals surface area contributed by atoms with E-state index in [1.807, 2.05) is 0 Å². The van der Waals surface area contributed by atoms with Crippen molar-refractivity contribution in [2.24, 2.45) is 5.92 Å². The van der Waals surface area contributed by atoms with Gasteiger partial charge in [-0.25, -0.2) is 14.6 Å². The molecule has 3 rings (SSSR count). The van der Waals surface area contributed by atoms with Crippen LogP contribution in [0, 0.1) is 18.3 Å². The van der Waals surface area contributed by atoms with E-state index in [4.69, 9.17) is 15.9 Å². The summed E-state index contributed by atoms with van der Waals surface area (Å²) in [5.41, 5.74) is 0.303. The van der Waals surface area contributed by atoms with E-state index in [1.54, 1.807) is 4.90 Å². The number of likely N-dealkylation sites (tertiary alicyclic amines) is 1. The van der Waals surface area contributed by atoms with Crippen molar-refractivity contribution >= 4 is 23.8 Å². The van der Waals surface area contributed by atoms with Crippen LogP contribution >= 0.6 is 0 Å². The molecule has 4 atom stereocenters. The molecule has 0 radical (unpaired) electrons. The van der Waals surface area contributed by atoms with Gasteiger partial charge in [0.05, 0.1) is 18.7 Å². The predicted octanol–water partition coefficient (Wildman–Crippen LogP) is 2.21. The first-order valence-electron chi connectivity index (χ1n) is 9.21. The molecule has 1 saturated carbocycles. The summed E-state index contributed by atoms with van der Waals surface area (Å²) in [4.78, 5) is 41.6. The number of methoxy groups -OCH3 is 1. The van der Waals surface area contributed by atoms with E-state index >= 15 is 0 Å². The largest absolute Gasteiger partial charge is 0.458 e. The van der Waals surface area contributed by atoms with Crippen molar-refractivity contribution in [3.05, 3.63) is 23.9 Å². The molecule has 2 fully saturated rings. The van der Waals surface area contributed by atoms with Gasteiger partial charge in [-0.2, -0.15) is 0 Å².